The highest BCUT2D eigenvalue weighted by molar-refractivity contribution is 5.89. The highest BCUT2D eigenvalue weighted by atomic mass is 19.1. The van der Waals surface area contributed by atoms with E-state index in [9.17, 15) is 14.8 Å². The van der Waals surface area contributed by atoms with Gasteiger partial charge in [-0.2, -0.15) is 5.26 Å². The van der Waals surface area contributed by atoms with Gasteiger partial charge in [-0.3, -0.25) is 10.4 Å². The number of hydrogen-bond acceptors (Lipinski definition) is 6. The molecule has 7 heteroatoms. The van der Waals surface area contributed by atoms with Crippen molar-refractivity contribution in [2.24, 2.45) is 10.9 Å². The number of nitriles is 1. The molecular weight excluding hydrogens is 361 g/mol. The average molecular weight is 375 g/mol. The Hall–Kier alpha value is -3.92. The second-order valence-corrected chi connectivity index (χ2v) is 6.25. The van der Waals surface area contributed by atoms with Gasteiger partial charge in [0.1, 0.15) is 29.0 Å². The van der Waals surface area contributed by atoms with Gasteiger partial charge in [0.2, 0.25) is 5.90 Å². The van der Waals surface area contributed by atoms with Crippen LogP contribution in [-0.2, 0) is 0 Å². The monoisotopic (exact) mass is 375 g/mol. The molecule has 0 bridgehead atoms. The number of fused-ring (bicyclic) bond motifs is 1. The number of phenols is 1. The maximum atomic E-state index is 13.3. The summed E-state index contributed by atoms with van der Waals surface area (Å²) in [5, 5.41) is 27.9. The molecule has 0 aliphatic carbocycles. The zero-order valence-electron chi connectivity index (χ0n) is 14.5. The molecule has 3 aromatic rings. The summed E-state index contributed by atoms with van der Waals surface area (Å²) in [5.74, 6) is -1.37. The molecule has 2 heterocycles. The molecule has 138 valence electrons. The maximum Gasteiger partial charge on any atom is 0.205 e. The number of ether oxygens (including phenoxy) is 1. The topological polar surface area (TPSA) is 103 Å². The zero-order chi connectivity index (χ0) is 19.7. The van der Waals surface area contributed by atoms with Crippen molar-refractivity contribution in [2.45, 2.75) is 5.92 Å². The molecule has 0 fully saturated rings. The first kappa shape index (κ1) is 17.5. The molecule has 1 aliphatic heterocycles. The minimum atomic E-state index is -0.865. The Balaban J connectivity index is 1.80. The van der Waals surface area contributed by atoms with Gasteiger partial charge in [0.15, 0.2) is 0 Å². The highest BCUT2D eigenvalue weighted by Crippen LogP contribution is 2.44. The molecule has 2 atom stereocenters. The first-order valence-corrected chi connectivity index (χ1v) is 8.42. The maximum absolute atomic E-state index is 13.3. The van der Waals surface area contributed by atoms with Crippen LogP contribution in [0.4, 0.5) is 10.1 Å². The van der Waals surface area contributed by atoms with Crippen molar-refractivity contribution in [2.75, 3.05) is 0 Å². The summed E-state index contributed by atoms with van der Waals surface area (Å²) in [6.45, 7) is 0. The van der Waals surface area contributed by atoms with Gasteiger partial charge in [-0.25, -0.2) is 4.39 Å². The largest absolute Gasteiger partial charge is 0.507 e. The van der Waals surface area contributed by atoms with Crippen LogP contribution in [0.15, 0.2) is 64.2 Å². The summed E-state index contributed by atoms with van der Waals surface area (Å²) in [7, 11) is 0. The van der Waals surface area contributed by atoms with Crippen molar-refractivity contribution in [1.82, 2.24) is 0 Å². The molecular formula is C21H14FN3O3. The van der Waals surface area contributed by atoms with Crippen molar-refractivity contribution >= 4 is 17.8 Å². The quantitative estimate of drug-likeness (QED) is 0.657. The lowest BCUT2D eigenvalue weighted by atomic mass is 9.81. The average Bonchev–Trinajstić information content (AvgIpc) is 3.20. The molecule has 28 heavy (non-hydrogen) atoms. The predicted octanol–water partition coefficient (Wildman–Crippen LogP) is 4.52. The van der Waals surface area contributed by atoms with Crippen LogP contribution in [0, 0.1) is 28.5 Å². The van der Waals surface area contributed by atoms with Gasteiger partial charge in [-0.15, -0.1) is 0 Å². The first-order chi connectivity index (χ1) is 13.6. The Bertz CT molecular complexity index is 1120. The van der Waals surface area contributed by atoms with Crippen LogP contribution in [0.25, 0.3) is 0 Å². The molecule has 0 radical (unpaired) electrons. The Kier molecular flexibility index (Phi) is 4.38. The number of halogens is 1. The standard InChI is InChI=1S/C21H14FN3O3/c22-13-3-1-4-14(8-13)25-11-12-7-15-19(9-17(12)26)28-21(24)16(10-23)20(15)18-5-2-6-27-18/h1-9,11,16,20,24,26H. The zero-order valence-corrected chi connectivity index (χ0v) is 14.5. The summed E-state index contributed by atoms with van der Waals surface area (Å²) in [6, 6.07) is 14.3. The van der Waals surface area contributed by atoms with Crippen molar-refractivity contribution in [3.63, 3.8) is 0 Å². The van der Waals surface area contributed by atoms with Gasteiger partial charge in [0, 0.05) is 23.4 Å². The molecule has 6 nitrogen and oxygen atoms in total. The number of aromatic hydroxyl groups is 1. The van der Waals surface area contributed by atoms with Crippen LogP contribution < -0.4 is 4.74 Å². The third-order valence-corrected chi connectivity index (χ3v) is 4.48. The molecule has 1 aromatic heterocycles. The molecule has 0 amide bonds. The van der Waals surface area contributed by atoms with E-state index in [1.165, 1.54) is 30.7 Å². The number of aliphatic imine (C=N–C) groups is 1. The van der Waals surface area contributed by atoms with Gasteiger partial charge in [-0.05, 0) is 36.4 Å². The normalized spacial score (nSPS) is 18.5. The fraction of sp³-hybridized carbons (Fsp3) is 0.0952. The van der Waals surface area contributed by atoms with E-state index < -0.39 is 17.7 Å². The van der Waals surface area contributed by atoms with E-state index in [0.717, 1.165) is 0 Å². The van der Waals surface area contributed by atoms with Gasteiger partial charge < -0.3 is 14.3 Å². The van der Waals surface area contributed by atoms with Gasteiger partial charge in [0.25, 0.3) is 0 Å². The third-order valence-electron chi connectivity index (χ3n) is 4.48. The van der Waals surface area contributed by atoms with Crippen molar-refractivity contribution in [3.05, 3.63) is 77.5 Å². The summed E-state index contributed by atoms with van der Waals surface area (Å²) in [4.78, 5) is 4.19. The van der Waals surface area contributed by atoms with E-state index in [1.807, 2.05) is 0 Å². The number of hydrogen-bond donors (Lipinski definition) is 2. The molecule has 4 rings (SSSR count). The van der Waals surface area contributed by atoms with Gasteiger partial charge >= 0.3 is 0 Å². The Labute approximate surface area is 159 Å². The number of nitrogens with zero attached hydrogens (tertiary/aromatic N) is 2. The van der Waals surface area contributed by atoms with E-state index in [-0.39, 0.29) is 17.4 Å². The van der Waals surface area contributed by atoms with Crippen LogP contribution in [0.5, 0.6) is 11.5 Å². The van der Waals surface area contributed by atoms with Crippen LogP contribution in [-0.4, -0.2) is 17.2 Å². The minimum absolute atomic E-state index is 0.111. The summed E-state index contributed by atoms with van der Waals surface area (Å²) < 4.78 is 24.2. The fourth-order valence-corrected chi connectivity index (χ4v) is 3.17. The molecule has 2 unspecified atom stereocenters. The smallest absolute Gasteiger partial charge is 0.205 e. The SMILES string of the molecule is N#CC1C(=N)Oc2cc(O)c(C=Nc3cccc(F)c3)cc2C1c1ccco1. The number of furan rings is 1. The number of benzene rings is 2. The summed E-state index contributed by atoms with van der Waals surface area (Å²) >= 11 is 0. The molecule has 2 aromatic carbocycles. The van der Waals surface area contributed by atoms with Crippen LogP contribution in [0.1, 0.15) is 22.8 Å². The Morgan fingerprint density at radius 2 is 2.07 bits per heavy atom. The molecule has 1 aliphatic rings. The van der Waals surface area contributed by atoms with Crippen LogP contribution >= 0.6 is 0 Å². The van der Waals surface area contributed by atoms with E-state index in [4.69, 9.17) is 14.6 Å². The second-order valence-electron chi connectivity index (χ2n) is 6.25. The first-order valence-electron chi connectivity index (χ1n) is 8.42. The number of nitrogens with one attached hydrogen (secondary N) is 1. The van der Waals surface area contributed by atoms with Crippen LogP contribution in [0.3, 0.4) is 0 Å². The lowest BCUT2D eigenvalue weighted by Gasteiger charge is -2.29. The van der Waals surface area contributed by atoms with Crippen molar-refractivity contribution < 1.29 is 18.7 Å². The summed E-state index contributed by atoms with van der Waals surface area (Å²) in [6.07, 6.45) is 2.90. The lowest BCUT2D eigenvalue weighted by Crippen LogP contribution is -2.30. The Morgan fingerprint density at radius 3 is 2.79 bits per heavy atom. The molecule has 0 saturated carbocycles. The molecule has 0 saturated heterocycles. The summed E-state index contributed by atoms with van der Waals surface area (Å²) in [5.41, 5.74) is 1.36. The lowest BCUT2D eigenvalue weighted by molar-refractivity contribution is 0.401. The van der Waals surface area contributed by atoms with E-state index in [2.05, 4.69) is 11.1 Å². The third kappa shape index (κ3) is 3.12. The number of rotatable bonds is 3. The van der Waals surface area contributed by atoms with E-state index >= 15 is 0 Å². The predicted molar refractivity (Wildman–Crippen MR) is 99.8 cm³/mol. The fourth-order valence-electron chi connectivity index (χ4n) is 3.17. The van der Waals surface area contributed by atoms with E-state index in [0.29, 0.717) is 22.6 Å². The van der Waals surface area contributed by atoms with E-state index in [1.54, 1.807) is 30.3 Å². The molecule has 0 spiro atoms. The van der Waals surface area contributed by atoms with Crippen molar-refractivity contribution in [3.8, 4) is 17.6 Å². The molecule has 2 N–H and O–H groups in total. The number of phenolic OH excluding ortho intramolecular Hbond substituents is 1. The van der Waals surface area contributed by atoms with Gasteiger partial charge in [0.05, 0.1) is 23.9 Å². The minimum Gasteiger partial charge on any atom is -0.507 e. The van der Waals surface area contributed by atoms with Crippen molar-refractivity contribution in [1.29, 1.82) is 10.7 Å². The van der Waals surface area contributed by atoms with Crippen LogP contribution in [0.2, 0.25) is 0 Å². The highest BCUT2D eigenvalue weighted by Gasteiger charge is 2.39. The Morgan fingerprint density at radius 1 is 1.21 bits per heavy atom. The van der Waals surface area contributed by atoms with Gasteiger partial charge in [-0.1, -0.05) is 6.07 Å². The second kappa shape index (κ2) is 7.00.